The van der Waals surface area contributed by atoms with E-state index < -0.39 is 0 Å². The molecule has 0 amide bonds. The first kappa shape index (κ1) is 39.7. The lowest BCUT2D eigenvalue weighted by Crippen LogP contribution is -1.97. The topological polar surface area (TPSA) is 41.7 Å². The molecule has 0 unspecified atom stereocenters. The molecule has 15 heteroatoms. The van der Waals surface area contributed by atoms with Crippen LogP contribution < -0.4 is 4.74 Å². The third-order valence-electron chi connectivity index (χ3n) is 6.50. The van der Waals surface area contributed by atoms with E-state index in [0.717, 1.165) is 33.5 Å². The number of nitrogens with zero attached hydrogens (tertiary/aromatic N) is 3. The maximum absolute atomic E-state index is 9.14. The lowest BCUT2D eigenvalue weighted by Gasteiger charge is -2.16. The maximum atomic E-state index is 9.14. The van der Waals surface area contributed by atoms with Crippen LogP contribution in [0.5, 0.6) is 5.75 Å². The molecule has 4 aromatic carbocycles. The van der Waals surface area contributed by atoms with Crippen LogP contribution in [0.3, 0.4) is 0 Å². The molecule has 4 nitrogen and oxygen atoms in total. The molecule has 0 saturated carbocycles. The van der Waals surface area contributed by atoms with E-state index in [1.54, 1.807) is 14.0 Å². The Morgan fingerprint density at radius 2 is 1.07 bits per heavy atom. The van der Waals surface area contributed by atoms with Crippen molar-refractivity contribution in [2.45, 2.75) is 19.8 Å². The van der Waals surface area contributed by atoms with Gasteiger partial charge in [0.2, 0.25) is 11.4 Å². The van der Waals surface area contributed by atoms with Crippen LogP contribution in [0.1, 0.15) is 33.4 Å². The van der Waals surface area contributed by atoms with Gasteiger partial charge in [0.15, 0.2) is 0 Å². The quantitative estimate of drug-likeness (QED) is 0.148. The second-order valence-corrected chi connectivity index (χ2v) is 15.7. The normalized spacial score (nSPS) is 10.4. The van der Waals surface area contributed by atoms with E-state index in [0.29, 0.717) is 56.0 Å². The average molecular weight is 1060 g/mol. The minimum atomic E-state index is 0.0158. The summed E-state index contributed by atoms with van der Waals surface area (Å²) in [6.07, 6.45) is 0.734. The Balaban J connectivity index is 0.000000250. The maximum Gasteiger partial charge on any atom is 0.211 e. The number of nitriles is 1. The van der Waals surface area contributed by atoms with Crippen LogP contribution in [-0.2, 0) is 12.8 Å². The molecule has 4 rings (SSSR count). The SMILES string of the molecule is [C-]#[N+]c1c(Cl)c(C#N)c(Cl)c(Cl)c1Cc1c(Br)cc(Br)cc1Br.[C-]#[N+]c1c(Cl)c(C)c(Cl)c(Cl)c1Cc1c(Br)cc(OC)cc1Br. The highest BCUT2D eigenvalue weighted by Crippen LogP contribution is 2.46. The van der Waals surface area contributed by atoms with E-state index >= 15 is 0 Å². The van der Waals surface area contributed by atoms with Gasteiger partial charge in [-0.2, -0.15) is 5.26 Å². The summed E-state index contributed by atoms with van der Waals surface area (Å²) in [5.41, 5.74) is 3.99. The molecule has 0 aliphatic carbocycles. The first-order valence-corrected chi connectivity index (χ1v) is 18.5. The lowest BCUT2D eigenvalue weighted by atomic mass is 10.0. The molecule has 0 heterocycles. The number of hydrogen-bond donors (Lipinski definition) is 0. The summed E-state index contributed by atoms with van der Waals surface area (Å²) in [6.45, 7) is 16.5. The molecule has 0 aliphatic heterocycles. The van der Waals surface area contributed by atoms with E-state index in [4.69, 9.17) is 92.7 Å². The summed E-state index contributed by atoms with van der Waals surface area (Å²) in [7, 11) is 1.60. The molecule has 0 bridgehead atoms. The number of ether oxygens (including phenoxy) is 1. The third-order valence-corrected chi connectivity index (χ3v) is 12.5. The summed E-state index contributed by atoms with van der Waals surface area (Å²) >= 11 is 54.9. The summed E-state index contributed by atoms with van der Waals surface area (Å²) in [6, 6.07) is 9.36. The smallest absolute Gasteiger partial charge is 0.211 e. The van der Waals surface area contributed by atoms with Crippen LogP contribution in [-0.4, -0.2) is 7.11 Å². The molecular weight excluding hydrogens is 1040 g/mol. The van der Waals surface area contributed by atoms with Gasteiger partial charge >= 0.3 is 0 Å². The van der Waals surface area contributed by atoms with Crippen LogP contribution in [0, 0.1) is 31.4 Å². The van der Waals surface area contributed by atoms with Crippen LogP contribution in [0.15, 0.2) is 46.6 Å². The molecule has 0 fully saturated rings. The van der Waals surface area contributed by atoms with E-state index in [2.05, 4.69) is 89.3 Å². The van der Waals surface area contributed by atoms with Crippen molar-refractivity contribution in [1.29, 1.82) is 5.26 Å². The van der Waals surface area contributed by atoms with Crippen molar-refractivity contribution >= 4 is 161 Å². The third kappa shape index (κ3) is 8.53. The number of rotatable bonds is 5. The molecule has 0 spiro atoms. The molecule has 0 N–H and O–H groups in total. The fourth-order valence-electron chi connectivity index (χ4n) is 4.12. The monoisotopic (exact) mass is 1050 g/mol. The molecule has 4 aromatic rings. The van der Waals surface area contributed by atoms with Crippen LogP contribution in [0.2, 0.25) is 30.1 Å². The molecule has 0 aromatic heterocycles. The van der Waals surface area contributed by atoms with Gasteiger partial charge in [-0.3, -0.25) is 0 Å². The largest absolute Gasteiger partial charge is 0.497 e. The molecular formula is C31H14Br5Cl6N3O. The Labute approximate surface area is 338 Å². The number of methoxy groups -OCH3 is 1. The predicted octanol–water partition coefficient (Wildman–Crippen LogP) is 15.6. The summed E-state index contributed by atoms with van der Waals surface area (Å²) in [5, 5.41) is 10.5. The van der Waals surface area contributed by atoms with E-state index in [1.807, 2.05) is 30.3 Å². The summed E-state index contributed by atoms with van der Waals surface area (Å²) in [4.78, 5) is 6.98. The zero-order valence-corrected chi connectivity index (χ0v) is 35.6. The van der Waals surface area contributed by atoms with Crippen LogP contribution in [0.25, 0.3) is 9.69 Å². The first-order chi connectivity index (χ1) is 21.6. The van der Waals surface area contributed by atoms with Crippen molar-refractivity contribution in [3.05, 3.63) is 133 Å². The number of halogens is 11. The lowest BCUT2D eigenvalue weighted by molar-refractivity contribution is 0.414. The van der Waals surface area contributed by atoms with Crippen molar-refractivity contribution in [3.8, 4) is 11.8 Å². The highest BCUT2D eigenvalue weighted by molar-refractivity contribution is 9.12. The van der Waals surface area contributed by atoms with Gasteiger partial charge in [0.1, 0.15) is 11.8 Å². The summed E-state index contributed by atoms with van der Waals surface area (Å²) in [5.74, 6) is 0.712. The molecule has 0 atom stereocenters. The van der Waals surface area contributed by atoms with Gasteiger partial charge in [0.05, 0.1) is 56.0 Å². The second-order valence-electron chi connectivity index (χ2n) is 9.14. The Morgan fingerprint density at radius 1 is 0.652 bits per heavy atom. The van der Waals surface area contributed by atoms with E-state index in [9.17, 15) is 0 Å². The molecule has 236 valence electrons. The highest BCUT2D eigenvalue weighted by atomic mass is 79.9. The van der Waals surface area contributed by atoms with E-state index in [1.165, 1.54) is 0 Å². The summed E-state index contributed by atoms with van der Waals surface area (Å²) < 4.78 is 9.47. The Bertz CT molecular complexity index is 1970. The minimum absolute atomic E-state index is 0.0158. The number of hydrogen-bond acceptors (Lipinski definition) is 2. The molecule has 0 radical (unpaired) electrons. The van der Waals surface area contributed by atoms with Crippen molar-refractivity contribution in [2.75, 3.05) is 7.11 Å². The van der Waals surface area contributed by atoms with Crippen molar-refractivity contribution in [2.24, 2.45) is 0 Å². The molecule has 46 heavy (non-hydrogen) atoms. The van der Waals surface area contributed by atoms with Gasteiger partial charge < -0.3 is 4.74 Å². The van der Waals surface area contributed by atoms with Gasteiger partial charge in [-0.25, -0.2) is 9.69 Å². The molecule has 0 aliphatic rings. The Hall–Kier alpha value is -0.710. The standard InChI is InChI=1S/C16H10Br2Cl3NO.C15H4Br3Cl3N2/c1-7-13(19)15(21)10(16(22-2)14(7)20)6-9-11(17)4-8(23-3)5-12(9)18;1-23-15-8(12(19)13(20)9(5-22)14(15)21)4-7-10(17)2-6(16)3-11(7)18/h4-5H,6H2,1,3H3;2-3H,4H2. The fourth-order valence-corrected chi connectivity index (χ4v) is 9.73. The highest BCUT2D eigenvalue weighted by Gasteiger charge is 2.24. The molecule has 0 saturated heterocycles. The van der Waals surface area contributed by atoms with Gasteiger partial charge in [-0.15, -0.1) is 0 Å². The Morgan fingerprint density at radius 3 is 1.48 bits per heavy atom. The predicted molar refractivity (Wildman–Crippen MR) is 208 cm³/mol. The number of benzene rings is 4. The average Bonchev–Trinajstić information content (AvgIpc) is 3.00. The minimum Gasteiger partial charge on any atom is -0.497 e. The van der Waals surface area contributed by atoms with Gasteiger partial charge in [-0.05, 0) is 71.8 Å². The van der Waals surface area contributed by atoms with Crippen molar-refractivity contribution < 1.29 is 4.74 Å². The van der Waals surface area contributed by atoms with Gasteiger partial charge in [0, 0.05) is 22.4 Å². The zero-order valence-electron chi connectivity index (χ0n) is 23.1. The van der Waals surface area contributed by atoms with Crippen LogP contribution >= 0.6 is 149 Å². The van der Waals surface area contributed by atoms with E-state index in [-0.39, 0.29) is 26.3 Å². The second kappa shape index (κ2) is 17.3. The fraction of sp³-hybridized carbons (Fsp3) is 0.129. The van der Waals surface area contributed by atoms with Gasteiger partial charge in [-0.1, -0.05) is 149 Å². The first-order valence-electron chi connectivity index (χ1n) is 12.3. The van der Waals surface area contributed by atoms with Crippen LogP contribution in [0.4, 0.5) is 11.4 Å². The van der Waals surface area contributed by atoms with Crippen molar-refractivity contribution in [3.63, 3.8) is 0 Å². The van der Waals surface area contributed by atoms with Crippen molar-refractivity contribution in [1.82, 2.24) is 0 Å². The van der Waals surface area contributed by atoms with Gasteiger partial charge in [0.25, 0.3) is 0 Å². The Kier molecular flexibility index (Phi) is 14.9. The zero-order chi connectivity index (χ0) is 34.6.